The van der Waals surface area contributed by atoms with Gasteiger partial charge in [-0.2, -0.15) is 0 Å². The molecule has 0 saturated heterocycles. The standard InChI is InChI=1S/C23H18Cl2N4O3S/c1-12-18-22(33-19(12)21(31)27-16-6-4-3-5-7-16)26-11-29(23(18)32)13(2)20(30)28-17-9-14(24)8-15(25)10-17/h3-11,13H,1-2H3,(H,27,31)(H,28,30)/t13-/m1/s1. The van der Waals surface area contributed by atoms with Crippen LogP contribution in [0.2, 0.25) is 10.0 Å². The van der Waals surface area contributed by atoms with Gasteiger partial charge in [-0.1, -0.05) is 41.4 Å². The third kappa shape index (κ3) is 4.78. The van der Waals surface area contributed by atoms with E-state index in [2.05, 4.69) is 15.6 Å². The highest BCUT2D eigenvalue weighted by molar-refractivity contribution is 7.20. The zero-order chi connectivity index (χ0) is 23.7. The average Bonchev–Trinajstić information content (AvgIpc) is 3.11. The van der Waals surface area contributed by atoms with Crippen LogP contribution in [0.1, 0.15) is 28.2 Å². The van der Waals surface area contributed by atoms with Gasteiger partial charge in [0.25, 0.3) is 11.5 Å². The number of nitrogens with zero attached hydrogens (tertiary/aromatic N) is 2. The van der Waals surface area contributed by atoms with Crippen LogP contribution in [0, 0.1) is 6.92 Å². The number of benzene rings is 2. The summed E-state index contributed by atoms with van der Waals surface area (Å²) >= 11 is 13.1. The predicted molar refractivity (Wildman–Crippen MR) is 133 cm³/mol. The molecule has 0 aliphatic carbocycles. The summed E-state index contributed by atoms with van der Waals surface area (Å²) in [6, 6.07) is 12.8. The maximum atomic E-state index is 13.2. The average molecular weight is 501 g/mol. The molecule has 0 fully saturated rings. The summed E-state index contributed by atoms with van der Waals surface area (Å²) in [5, 5.41) is 6.59. The lowest BCUT2D eigenvalue weighted by Gasteiger charge is -2.15. The first kappa shape index (κ1) is 23.0. The lowest BCUT2D eigenvalue weighted by atomic mass is 10.2. The fourth-order valence-electron chi connectivity index (χ4n) is 3.34. The van der Waals surface area contributed by atoms with Crippen LogP contribution in [-0.4, -0.2) is 21.4 Å². The number of para-hydroxylation sites is 1. The summed E-state index contributed by atoms with van der Waals surface area (Å²) < 4.78 is 1.24. The lowest BCUT2D eigenvalue weighted by Crippen LogP contribution is -2.31. The first-order valence-corrected chi connectivity index (χ1v) is 11.5. The summed E-state index contributed by atoms with van der Waals surface area (Å²) in [7, 11) is 0. The van der Waals surface area contributed by atoms with E-state index in [-0.39, 0.29) is 5.91 Å². The number of rotatable bonds is 5. The van der Waals surface area contributed by atoms with Crippen LogP contribution < -0.4 is 16.2 Å². The number of amides is 2. The smallest absolute Gasteiger partial charge is 0.266 e. The van der Waals surface area contributed by atoms with Crippen molar-refractivity contribution in [2.75, 3.05) is 10.6 Å². The van der Waals surface area contributed by atoms with Crippen LogP contribution in [0.15, 0.2) is 59.7 Å². The highest BCUT2D eigenvalue weighted by Gasteiger charge is 2.23. The van der Waals surface area contributed by atoms with Crippen molar-refractivity contribution in [2.24, 2.45) is 0 Å². The predicted octanol–water partition coefficient (Wildman–Crippen LogP) is 5.53. The SMILES string of the molecule is Cc1c(C(=O)Nc2ccccc2)sc2ncn([C@H](C)C(=O)Nc3cc(Cl)cc(Cl)c3)c(=O)c12. The van der Waals surface area contributed by atoms with Gasteiger partial charge < -0.3 is 10.6 Å². The summed E-state index contributed by atoms with van der Waals surface area (Å²) in [5.41, 5.74) is 1.18. The minimum Gasteiger partial charge on any atom is -0.324 e. The molecule has 0 spiro atoms. The number of anilines is 2. The first-order chi connectivity index (χ1) is 15.7. The van der Waals surface area contributed by atoms with E-state index < -0.39 is 17.5 Å². The maximum Gasteiger partial charge on any atom is 0.266 e. The van der Waals surface area contributed by atoms with Gasteiger partial charge in [-0.3, -0.25) is 19.0 Å². The van der Waals surface area contributed by atoms with Gasteiger partial charge in [-0.05, 0) is 49.7 Å². The Morgan fingerprint density at radius 2 is 1.70 bits per heavy atom. The van der Waals surface area contributed by atoms with Gasteiger partial charge in [-0.25, -0.2) is 4.98 Å². The third-order valence-electron chi connectivity index (χ3n) is 5.04. The van der Waals surface area contributed by atoms with E-state index in [0.717, 1.165) is 11.3 Å². The number of carbonyl (C=O) groups is 2. The Kier molecular flexibility index (Phi) is 6.51. The maximum absolute atomic E-state index is 13.2. The second kappa shape index (κ2) is 9.35. The second-order valence-electron chi connectivity index (χ2n) is 7.34. The molecule has 33 heavy (non-hydrogen) atoms. The number of carbonyl (C=O) groups excluding carboxylic acids is 2. The molecule has 0 aliphatic heterocycles. The van der Waals surface area contributed by atoms with Crippen LogP contribution >= 0.6 is 34.5 Å². The van der Waals surface area contributed by atoms with Crippen LogP contribution in [-0.2, 0) is 4.79 Å². The van der Waals surface area contributed by atoms with Crippen molar-refractivity contribution in [1.82, 2.24) is 9.55 Å². The van der Waals surface area contributed by atoms with Gasteiger partial charge in [0.05, 0.1) is 16.6 Å². The summed E-state index contributed by atoms with van der Waals surface area (Å²) in [5.74, 6) is -0.761. The van der Waals surface area contributed by atoms with Gasteiger partial charge in [0, 0.05) is 21.4 Å². The molecule has 7 nitrogen and oxygen atoms in total. The summed E-state index contributed by atoms with van der Waals surface area (Å²) in [6.45, 7) is 3.28. The third-order valence-corrected chi connectivity index (χ3v) is 6.68. The van der Waals surface area contributed by atoms with E-state index in [1.54, 1.807) is 44.2 Å². The normalized spacial score (nSPS) is 11.9. The lowest BCUT2D eigenvalue weighted by molar-refractivity contribution is -0.118. The van der Waals surface area contributed by atoms with E-state index in [1.807, 2.05) is 18.2 Å². The van der Waals surface area contributed by atoms with Crippen LogP contribution in [0.5, 0.6) is 0 Å². The Balaban J connectivity index is 1.63. The highest BCUT2D eigenvalue weighted by atomic mass is 35.5. The molecule has 2 aromatic heterocycles. The minimum atomic E-state index is -0.868. The summed E-state index contributed by atoms with van der Waals surface area (Å²) in [6.07, 6.45) is 1.31. The van der Waals surface area contributed by atoms with Gasteiger partial charge in [0.2, 0.25) is 5.91 Å². The van der Waals surface area contributed by atoms with E-state index in [1.165, 1.54) is 10.9 Å². The Morgan fingerprint density at radius 3 is 2.36 bits per heavy atom. The molecule has 0 aliphatic rings. The molecule has 4 aromatic rings. The molecule has 0 bridgehead atoms. The van der Waals surface area contributed by atoms with Crippen LogP contribution in [0.3, 0.4) is 0 Å². The quantitative estimate of drug-likeness (QED) is 0.376. The van der Waals surface area contributed by atoms with Gasteiger partial charge in [-0.15, -0.1) is 11.3 Å². The van der Waals surface area contributed by atoms with Crippen molar-refractivity contribution in [3.8, 4) is 0 Å². The molecule has 0 unspecified atom stereocenters. The largest absolute Gasteiger partial charge is 0.324 e. The second-order valence-corrected chi connectivity index (χ2v) is 9.21. The number of aryl methyl sites for hydroxylation is 1. The summed E-state index contributed by atoms with van der Waals surface area (Å²) in [4.78, 5) is 43.9. The molecular weight excluding hydrogens is 483 g/mol. The number of halogens is 2. The van der Waals surface area contributed by atoms with Crippen molar-refractivity contribution in [1.29, 1.82) is 0 Å². The van der Waals surface area contributed by atoms with E-state index in [4.69, 9.17) is 23.2 Å². The number of hydrogen-bond donors (Lipinski definition) is 2. The minimum absolute atomic E-state index is 0.311. The van der Waals surface area contributed by atoms with Gasteiger partial charge in [0.1, 0.15) is 10.9 Å². The van der Waals surface area contributed by atoms with Crippen LogP contribution in [0.25, 0.3) is 10.2 Å². The molecule has 2 aromatic carbocycles. The number of aromatic nitrogens is 2. The van der Waals surface area contributed by atoms with Gasteiger partial charge in [0.15, 0.2) is 0 Å². The fraction of sp³-hybridized carbons (Fsp3) is 0.130. The molecule has 168 valence electrons. The molecule has 1 atom stereocenters. The Bertz CT molecular complexity index is 1410. The molecule has 0 radical (unpaired) electrons. The van der Waals surface area contributed by atoms with E-state index in [9.17, 15) is 14.4 Å². The molecule has 4 rings (SSSR count). The fourth-order valence-corrected chi connectivity index (χ4v) is 4.90. The zero-order valence-corrected chi connectivity index (χ0v) is 19.9. The number of nitrogens with one attached hydrogen (secondary N) is 2. The first-order valence-electron chi connectivity index (χ1n) is 9.88. The Labute approximate surface area is 203 Å². The molecular formula is C23H18Cl2N4O3S. The molecule has 2 heterocycles. The van der Waals surface area contributed by atoms with E-state index in [0.29, 0.717) is 42.1 Å². The number of fused-ring (bicyclic) bond motifs is 1. The Hall–Kier alpha value is -3.20. The van der Waals surface area contributed by atoms with Crippen molar-refractivity contribution in [3.63, 3.8) is 0 Å². The Morgan fingerprint density at radius 1 is 1.03 bits per heavy atom. The highest BCUT2D eigenvalue weighted by Crippen LogP contribution is 2.28. The van der Waals surface area contributed by atoms with Crippen LogP contribution in [0.4, 0.5) is 11.4 Å². The number of hydrogen-bond acceptors (Lipinski definition) is 5. The van der Waals surface area contributed by atoms with E-state index >= 15 is 0 Å². The topological polar surface area (TPSA) is 93.1 Å². The molecule has 2 amide bonds. The van der Waals surface area contributed by atoms with Crippen molar-refractivity contribution in [3.05, 3.63) is 85.7 Å². The van der Waals surface area contributed by atoms with Gasteiger partial charge >= 0.3 is 0 Å². The van der Waals surface area contributed by atoms with Crippen molar-refractivity contribution in [2.45, 2.75) is 19.9 Å². The monoisotopic (exact) mass is 500 g/mol. The van der Waals surface area contributed by atoms with Crippen molar-refractivity contribution < 1.29 is 9.59 Å². The van der Waals surface area contributed by atoms with Crippen molar-refractivity contribution >= 4 is 67.9 Å². The molecule has 0 saturated carbocycles. The zero-order valence-electron chi connectivity index (χ0n) is 17.6. The molecule has 2 N–H and O–H groups in total. The number of thiophene rings is 1. The molecule has 10 heteroatoms.